The third-order valence-corrected chi connectivity index (χ3v) is 26.8. The van der Waals surface area contributed by atoms with E-state index in [0.29, 0.717) is 0 Å². The van der Waals surface area contributed by atoms with Gasteiger partial charge in [0.15, 0.2) is 0 Å². The molecule has 0 aromatic heterocycles. The lowest BCUT2D eigenvalue weighted by Gasteiger charge is -2.52. The molecule has 2 saturated heterocycles. The zero-order valence-electron chi connectivity index (χ0n) is 30.1. The van der Waals surface area contributed by atoms with Gasteiger partial charge in [0, 0.05) is 5.04 Å². The van der Waals surface area contributed by atoms with Crippen LogP contribution in [-0.4, -0.2) is 57.8 Å². The molecule has 3 aliphatic rings. The van der Waals surface area contributed by atoms with E-state index >= 15 is 0 Å². The Bertz CT molecular complexity index is 948. The highest BCUT2D eigenvalue weighted by Gasteiger charge is 2.57. The Kier molecular flexibility index (Phi) is 13.5. The maximum Gasteiger partial charge on any atom is 0.323 e. The van der Waals surface area contributed by atoms with Crippen LogP contribution in [0.15, 0.2) is 0 Å². The van der Waals surface area contributed by atoms with Gasteiger partial charge in [-0.3, -0.25) is 14.4 Å². The molecule has 252 valence electrons. The lowest BCUT2D eigenvalue weighted by Crippen LogP contribution is -2.67. The molecule has 3 rings (SSSR count). The van der Waals surface area contributed by atoms with Crippen molar-refractivity contribution in [2.24, 2.45) is 17.3 Å². The number of carbonyl (C=O) groups is 3. The summed E-state index contributed by atoms with van der Waals surface area (Å²) in [4.78, 5) is 32.9. The maximum atomic E-state index is 11.8. The van der Waals surface area contributed by atoms with Crippen molar-refractivity contribution in [3.63, 3.8) is 0 Å². The molecule has 0 aromatic carbocycles. The summed E-state index contributed by atoms with van der Waals surface area (Å²) in [7, 11) is -9.04. The van der Waals surface area contributed by atoms with E-state index in [1.807, 2.05) is 20.8 Å². The summed E-state index contributed by atoms with van der Waals surface area (Å²) < 4.78 is 35.9. The molecule has 43 heavy (non-hydrogen) atoms. The summed E-state index contributed by atoms with van der Waals surface area (Å²) in [5, 5.41) is 0.0390. The van der Waals surface area contributed by atoms with Crippen molar-refractivity contribution in [2.45, 2.75) is 157 Å². The van der Waals surface area contributed by atoms with Gasteiger partial charge in [0.2, 0.25) is 0 Å². The van der Waals surface area contributed by atoms with Crippen molar-refractivity contribution in [2.75, 3.05) is 0 Å². The highest BCUT2D eigenvalue weighted by atomic mass is 28.5. The van der Waals surface area contributed by atoms with Crippen molar-refractivity contribution in [3.05, 3.63) is 0 Å². The number of ether oxygens (including phenoxy) is 2. The molecular weight excluding hydrogens is 617 g/mol. The van der Waals surface area contributed by atoms with Gasteiger partial charge in [-0.05, 0) is 105 Å². The first-order chi connectivity index (χ1) is 19.2. The molecule has 2 atom stereocenters. The molecule has 1 aliphatic carbocycles. The summed E-state index contributed by atoms with van der Waals surface area (Å²) >= 11 is 0. The normalized spacial score (nSPS) is 27.3. The Hall–Kier alpha value is -0.682. The first kappa shape index (κ1) is 40.3. The molecule has 0 N–H and O–H groups in total. The molecule has 0 bridgehead atoms. The Labute approximate surface area is 266 Å². The lowest BCUT2D eigenvalue weighted by molar-refractivity contribution is -0.168. The first-order valence-corrected chi connectivity index (χ1v) is 26.7. The van der Waals surface area contributed by atoms with Gasteiger partial charge in [-0.15, -0.1) is 0 Å². The van der Waals surface area contributed by atoms with E-state index in [9.17, 15) is 14.4 Å². The molecule has 1 saturated carbocycles. The zero-order valence-corrected chi connectivity index (χ0v) is 34.1. The highest BCUT2D eigenvalue weighted by Crippen LogP contribution is 2.46. The van der Waals surface area contributed by atoms with Gasteiger partial charge < -0.3 is 25.9 Å². The topological polar surface area (TPSA) is 107 Å². The summed E-state index contributed by atoms with van der Waals surface area (Å²) in [6.45, 7) is 32.9. The third-order valence-electron chi connectivity index (χ3n) is 9.11. The van der Waals surface area contributed by atoms with E-state index < -0.39 is 46.2 Å². The summed E-state index contributed by atoms with van der Waals surface area (Å²) in [5.74, 6) is -1.33. The molecular formula is C30H62O9Si4. The van der Waals surface area contributed by atoms with Crippen molar-refractivity contribution in [1.29, 1.82) is 0 Å². The predicted molar refractivity (Wildman–Crippen MR) is 179 cm³/mol. The molecule has 2 unspecified atom stereocenters. The Morgan fingerprint density at radius 1 is 0.767 bits per heavy atom. The van der Waals surface area contributed by atoms with Crippen LogP contribution in [0.5, 0.6) is 0 Å². The SMILES string of the molecule is CC1C(=O)OC(=O)C1C.CCC(C)(C)C(=O)OC1(C)CCCC1.CCC(C)(C)[Si]1(C)O[Si](C)(C)O[Si](C)(C)O[Si](C)(C)O1. The van der Waals surface area contributed by atoms with Gasteiger partial charge in [0.05, 0.1) is 17.3 Å². The second-order valence-corrected chi connectivity index (χ2v) is 30.3. The van der Waals surface area contributed by atoms with Crippen molar-refractivity contribution in [3.8, 4) is 0 Å². The number of cyclic esters (lactones) is 2. The first-order valence-electron chi connectivity index (χ1n) is 16.0. The summed E-state index contributed by atoms with van der Waals surface area (Å²) in [6.07, 6.45) is 6.30. The number of esters is 3. The van der Waals surface area contributed by atoms with E-state index in [-0.39, 0.29) is 33.9 Å². The van der Waals surface area contributed by atoms with Crippen LogP contribution in [0.2, 0.25) is 50.9 Å². The Morgan fingerprint density at radius 3 is 1.44 bits per heavy atom. The molecule has 0 spiro atoms. The van der Waals surface area contributed by atoms with Crippen LogP contribution in [0.1, 0.15) is 101 Å². The minimum Gasteiger partial charge on any atom is -0.459 e. The monoisotopic (exact) mass is 678 g/mol. The highest BCUT2D eigenvalue weighted by molar-refractivity contribution is 6.93. The standard InChI is InChI=1S/C12H32O4Si4.C12H22O2.C6H8O3/c1-11-12(2,3)20(10)15-18(6,7)13-17(4,5)14-19(8,9)16-20;1-5-11(2,3)10(13)14-12(4)8-6-7-9-12;1-3-4(2)6(8)9-5(3)7/h11H2,1-10H3;5-9H2,1-4H3;3-4H,1-2H3. The number of hydrogen-bond donors (Lipinski definition) is 0. The Morgan fingerprint density at radius 2 is 1.14 bits per heavy atom. The largest absolute Gasteiger partial charge is 0.459 e. The average Bonchev–Trinajstić information content (AvgIpc) is 3.34. The van der Waals surface area contributed by atoms with Crippen LogP contribution in [-0.2, 0) is 40.3 Å². The fourth-order valence-corrected chi connectivity index (χ4v) is 27.2. The van der Waals surface area contributed by atoms with Crippen molar-refractivity contribution < 1.29 is 40.3 Å². The van der Waals surface area contributed by atoms with E-state index in [4.69, 9.17) is 21.2 Å². The van der Waals surface area contributed by atoms with Crippen molar-refractivity contribution >= 4 is 52.2 Å². The summed E-state index contributed by atoms with van der Waals surface area (Å²) in [5.41, 5.74) is -0.505. The Balaban J connectivity index is 0.000000348. The number of rotatable bonds is 5. The van der Waals surface area contributed by atoms with Gasteiger partial charge in [-0.2, -0.15) is 0 Å². The maximum absolute atomic E-state index is 11.8. The van der Waals surface area contributed by atoms with Crippen LogP contribution >= 0.6 is 0 Å². The molecule has 0 amide bonds. The molecule has 0 aromatic rings. The van der Waals surface area contributed by atoms with Crippen LogP contribution in [0.4, 0.5) is 0 Å². The summed E-state index contributed by atoms with van der Waals surface area (Å²) in [6, 6.07) is 0. The van der Waals surface area contributed by atoms with E-state index in [0.717, 1.165) is 25.7 Å². The smallest absolute Gasteiger partial charge is 0.323 e. The van der Waals surface area contributed by atoms with Gasteiger partial charge in [-0.1, -0.05) is 41.5 Å². The molecule has 3 fully saturated rings. The van der Waals surface area contributed by atoms with Crippen LogP contribution in [0.3, 0.4) is 0 Å². The molecule has 13 heteroatoms. The predicted octanol–water partition coefficient (Wildman–Crippen LogP) is 8.07. The lowest BCUT2D eigenvalue weighted by atomic mass is 9.90. The van der Waals surface area contributed by atoms with Crippen molar-refractivity contribution in [1.82, 2.24) is 0 Å². The minimum absolute atomic E-state index is 0.0376. The quantitative estimate of drug-likeness (QED) is 0.162. The molecule has 2 heterocycles. The third kappa shape index (κ3) is 11.6. The van der Waals surface area contributed by atoms with Gasteiger partial charge in [0.1, 0.15) is 5.60 Å². The second-order valence-electron chi connectivity index (χ2n) is 15.4. The number of hydrogen-bond acceptors (Lipinski definition) is 9. The number of carbonyl (C=O) groups excluding carboxylic acids is 3. The van der Waals surface area contributed by atoms with Gasteiger partial charge in [-0.25, -0.2) is 0 Å². The fourth-order valence-electron chi connectivity index (χ4n) is 5.23. The fraction of sp³-hybridized carbons (Fsp3) is 0.900. The van der Waals surface area contributed by atoms with Crippen LogP contribution < -0.4 is 0 Å². The average molecular weight is 679 g/mol. The van der Waals surface area contributed by atoms with Gasteiger partial charge in [0.25, 0.3) is 0 Å². The molecule has 2 aliphatic heterocycles. The van der Waals surface area contributed by atoms with E-state index in [2.05, 4.69) is 78.3 Å². The molecule has 9 nitrogen and oxygen atoms in total. The van der Waals surface area contributed by atoms with Gasteiger partial charge >= 0.3 is 52.2 Å². The van der Waals surface area contributed by atoms with E-state index in [1.165, 1.54) is 12.8 Å². The zero-order chi connectivity index (χ0) is 33.9. The van der Waals surface area contributed by atoms with E-state index in [1.54, 1.807) is 13.8 Å². The van der Waals surface area contributed by atoms with Crippen LogP contribution in [0, 0.1) is 17.3 Å². The second kappa shape index (κ2) is 14.4. The minimum atomic E-state index is -2.38. The molecule has 0 radical (unpaired) electrons. The van der Waals surface area contributed by atoms with Crippen LogP contribution in [0.25, 0.3) is 0 Å².